The Morgan fingerprint density at radius 3 is 2.61 bits per heavy atom. The molecule has 1 aromatic rings. The normalized spacial score (nSPS) is 21.0. The summed E-state index contributed by atoms with van der Waals surface area (Å²) in [6, 6.07) is 4.91. The molecular weight excluding hydrogens is 334 g/mol. The lowest BCUT2D eigenvalue weighted by molar-refractivity contribution is -0.214. The molecule has 3 rings (SSSR count). The van der Waals surface area contributed by atoms with Gasteiger partial charge in [0, 0.05) is 26.2 Å². The topological polar surface area (TPSA) is 76.2 Å². The SMILES string of the molecule is CN1OC2(CC1=O)CN(S(=O)(=O)c1cccc(OC(F)F)c1)C2. The monoisotopic (exact) mass is 348 g/mol. The number of carbonyl (C=O) groups excluding carboxylic acids is 1. The molecule has 7 nitrogen and oxygen atoms in total. The predicted molar refractivity (Wildman–Crippen MR) is 73.0 cm³/mol. The van der Waals surface area contributed by atoms with Gasteiger partial charge in [0.2, 0.25) is 15.9 Å². The van der Waals surface area contributed by atoms with E-state index in [2.05, 4.69) is 4.74 Å². The van der Waals surface area contributed by atoms with Crippen molar-refractivity contribution in [1.29, 1.82) is 0 Å². The molecule has 0 atom stereocenters. The minimum absolute atomic E-state index is 0.0331. The highest BCUT2D eigenvalue weighted by molar-refractivity contribution is 7.89. The van der Waals surface area contributed by atoms with Gasteiger partial charge in [0.05, 0.1) is 11.3 Å². The fourth-order valence-electron chi connectivity index (χ4n) is 2.66. The zero-order valence-electron chi connectivity index (χ0n) is 12.1. The number of rotatable bonds is 4. The highest BCUT2D eigenvalue weighted by atomic mass is 32.2. The number of hydroxylamine groups is 2. The van der Waals surface area contributed by atoms with Gasteiger partial charge in [0.1, 0.15) is 11.4 Å². The summed E-state index contributed by atoms with van der Waals surface area (Å²) in [5.41, 5.74) is -0.823. The van der Waals surface area contributed by atoms with Gasteiger partial charge in [-0.2, -0.15) is 13.1 Å². The second-order valence-corrected chi connectivity index (χ2v) is 7.41. The molecule has 0 aromatic heterocycles. The second-order valence-electron chi connectivity index (χ2n) is 5.47. The van der Waals surface area contributed by atoms with Crippen LogP contribution in [0, 0.1) is 0 Å². The molecule has 23 heavy (non-hydrogen) atoms. The number of halogens is 2. The van der Waals surface area contributed by atoms with E-state index in [1.807, 2.05) is 0 Å². The van der Waals surface area contributed by atoms with E-state index in [-0.39, 0.29) is 36.1 Å². The molecule has 2 saturated heterocycles. The lowest BCUT2D eigenvalue weighted by Gasteiger charge is -2.44. The van der Waals surface area contributed by atoms with Crippen LogP contribution >= 0.6 is 0 Å². The van der Waals surface area contributed by atoms with Crippen molar-refractivity contribution in [3.63, 3.8) is 0 Å². The summed E-state index contributed by atoms with van der Waals surface area (Å²) in [7, 11) is -2.39. The van der Waals surface area contributed by atoms with Crippen LogP contribution in [0.25, 0.3) is 0 Å². The largest absolute Gasteiger partial charge is 0.435 e. The van der Waals surface area contributed by atoms with Crippen LogP contribution in [0.5, 0.6) is 5.75 Å². The number of carbonyl (C=O) groups is 1. The van der Waals surface area contributed by atoms with Gasteiger partial charge in [-0.1, -0.05) is 6.07 Å². The summed E-state index contributed by atoms with van der Waals surface area (Å²) in [5.74, 6) is -0.447. The third kappa shape index (κ3) is 2.89. The van der Waals surface area contributed by atoms with Gasteiger partial charge >= 0.3 is 6.61 Å². The Kier molecular flexibility index (Phi) is 3.77. The minimum atomic E-state index is -3.86. The Balaban J connectivity index is 1.75. The van der Waals surface area contributed by atoms with Gasteiger partial charge in [-0.3, -0.25) is 9.63 Å². The fourth-order valence-corrected chi connectivity index (χ4v) is 4.28. The molecule has 1 amide bonds. The summed E-state index contributed by atoms with van der Waals surface area (Å²) in [5, 5.41) is 1.10. The van der Waals surface area contributed by atoms with Crippen LogP contribution < -0.4 is 4.74 Å². The molecule has 2 aliphatic rings. The first-order chi connectivity index (χ1) is 10.7. The fraction of sp³-hybridized carbons (Fsp3) is 0.462. The number of sulfonamides is 1. The maximum absolute atomic E-state index is 12.5. The van der Waals surface area contributed by atoms with Crippen LogP contribution in [0.4, 0.5) is 8.78 Å². The smallest absolute Gasteiger partial charge is 0.387 e. The number of benzene rings is 1. The molecule has 0 N–H and O–H groups in total. The lowest BCUT2D eigenvalue weighted by atomic mass is 9.94. The average molecular weight is 348 g/mol. The quantitative estimate of drug-likeness (QED) is 0.805. The molecule has 0 bridgehead atoms. The van der Waals surface area contributed by atoms with E-state index in [0.717, 1.165) is 15.4 Å². The first kappa shape index (κ1) is 16.1. The van der Waals surface area contributed by atoms with E-state index in [9.17, 15) is 22.0 Å². The van der Waals surface area contributed by atoms with Crippen LogP contribution in [0.3, 0.4) is 0 Å². The summed E-state index contributed by atoms with van der Waals surface area (Å²) in [6.45, 7) is -2.97. The lowest BCUT2D eigenvalue weighted by Crippen LogP contribution is -2.63. The van der Waals surface area contributed by atoms with E-state index in [0.29, 0.717) is 0 Å². The Bertz CT molecular complexity index is 734. The van der Waals surface area contributed by atoms with Crippen molar-refractivity contribution >= 4 is 15.9 Å². The molecule has 0 radical (unpaired) electrons. The minimum Gasteiger partial charge on any atom is -0.435 e. The third-order valence-electron chi connectivity index (χ3n) is 3.75. The maximum atomic E-state index is 12.5. The van der Waals surface area contributed by atoms with Gasteiger partial charge in [-0.05, 0) is 12.1 Å². The van der Waals surface area contributed by atoms with Crippen molar-refractivity contribution in [3.8, 4) is 5.75 Å². The van der Waals surface area contributed by atoms with Crippen molar-refractivity contribution in [1.82, 2.24) is 9.37 Å². The van der Waals surface area contributed by atoms with Gasteiger partial charge < -0.3 is 4.74 Å². The van der Waals surface area contributed by atoms with E-state index < -0.39 is 22.2 Å². The average Bonchev–Trinajstić information content (AvgIpc) is 2.73. The van der Waals surface area contributed by atoms with Crippen molar-refractivity contribution in [2.75, 3.05) is 20.1 Å². The molecule has 0 unspecified atom stereocenters. The first-order valence-electron chi connectivity index (χ1n) is 6.73. The number of amides is 1. The van der Waals surface area contributed by atoms with Crippen molar-refractivity contribution in [2.24, 2.45) is 0 Å². The van der Waals surface area contributed by atoms with Crippen molar-refractivity contribution in [2.45, 2.75) is 23.5 Å². The molecule has 2 aliphatic heterocycles. The number of hydrogen-bond acceptors (Lipinski definition) is 5. The highest BCUT2D eigenvalue weighted by Crippen LogP contribution is 2.38. The van der Waals surface area contributed by atoms with Crippen LogP contribution in [0.1, 0.15) is 6.42 Å². The summed E-state index contributed by atoms with van der Waals surface area (Å²) in [4.78, 5) is 16.7. The van der Waals surface area contributed by atoms with Crippen molar-refractivity contribution < 1.29 is 31.6 Å². The molecule has 1 aromatic carbocycles. The van der Waals surface area contributed by atoms with Gasteiger partial charge in [0.25, 0.3) is 0 Å². The van der Waals surface area contributed by atoms with Gasteiger partial charge in [-0.15, -0.1) is 0 Å². The number of ether oxygens (including phenoxy) is 1. The number of hydrogen-bond donors (Lipinski definition) is 0. The summed E-state index contributed by atoms with van der Waals surface area (Å²) in [6.07, 6.45) is 0.115. The van der Waals surface area contributed by atoms with Crippen LogP contribution in [0.2, 0.25) is 0 Å². The third-order valence-corrected chi connectivity index (χ3v) is 5.54. The Hall–Kier alpha value is -1.78. The van der Waals surface area contributed by atoms with E-state index in [1.165, 1.54) is 25.2 Å². The van der Waals surface area contributed by atoms with Gasteiger partial charge in [0.15, 0.2) is 0 Å². The van der Waals surface area contributed by atoms with E-state index in [4.69, 9.17) is 4.84 Å². The number of nitrogens with zero attached hydrogens (tertiary/aromatic N) is 2. The molecule has 0 aliphatic carbocycles. The van der Waals surface area contributed by atoms with Crippen LogP contribution in [-0.2, 0) is 19.7 Å². The number of alkyl halides is 2. The molecule has 10 heteroatoms. The van der Waals surface area contributed by atoms with Crippen LogP contribution in [0.15, 0.2) is 29.2 Å². The predicted octanol–water partition coefficient (Wildman–Crippen LogP) is 0.825. The summed E-state index contributed by atoms with van der Waals surface area (Å²) < 4.78 is 54.8. The Labute approximate surface area is 131 Å². The molecule has 1 spiro atoms. The molecular formula is C13H14F2N2O5S. The van der Waals surface area contributed by atoms with E-state index in [1.54, 1.807) is 0 Å². The summed E-state index contributed by atoms with van der Waals surface area (Å²) >= 11 is 0. The maximum Gasteiger partial charge on any atom is 0.387 e. The molecule has 126 valence electrons. The van der Waals surface area contributed by atoms with Crippen LogP contribution in [-0.4, -0.2) is 56.0 Å². The zero-order chi connectivity index (χ0) is 16.8. The highest BCUT2D eigenvalue weighted by Gasteiger charge is 2.56. The zero-order valence-corrected chi connectivity index (χ0v) is 12.9. The van der Waals surface area contributed by atoms with Crippen molar-refractivity contribution in [3.05, 3.63) is 24.3 Å². The Morgan fingerprint density at radius 1 is 1.35 bits per heavy atom. The standard InChI is InChI=1S/C13H14F2N2O5S/c1-16-11(18)6-13(22-16)7-17(8-13)23(19,20)10-4-2-3-9(5-10)21-12(14)15/h2-5,12H,6-8H2,1H3. The second kappa shape index (κ2) is 5.39. The van der Waals surface area contributed by atoms with E-state index >= 15 is 0 Å². The molecule has 2 heterocycles. The van der Waals surface area contributed by atoms with Gasteiger partial charge in [-0.25, -0.2) is 13.5 Å². The molecule has 2 fully saturated rings. The Morgan fingerprint density at radius 2 is 2.04 bits per heavy atom. The first-order valence-corrected chi connectivity index (χ1v) is 8.17. The molecule has 0 saturated carbocycles.